The quantitative estimate of drug-likeness (QED) is 0.403. The van der Waals surface area contributed by atoms with Crippen molar-refractivity contribution in [3.8, 4) is 11.1 Å². The predicted octanol–water partition coefficient (Wildman–Crippen LogP) is 3.78. The largest absolute Gasteiger partial charge is 0.325 e. The third kappa shape index (κ3) is 2.96. The van der Waals surface area contributed by atoms with Crippen molar-refractivity contribution >= 4 is 40.3 Å². The van der Waals surface area contributed by atoms with E-state index in [4.69, 9.17) is 22.4 Å². The lowest BCUT2D eigenvalue weighted by Crippen LogP contribution is -2.21. The molecule has 7 nitrogen and oxygen atoms in total. The number of anilines is 2. The number of nitrogens with zero attached hydrogens (tertiary/aromatic N) is 5. The van der Waals surface area contributed by atoms with Crippen molar-refractivity contribution in [1.29, 1.82) is 10.8 Å². The van der Waals surface area contributed by atoms with Gasteiger partial charge in [0.15, 0.2) is 0 Å². The van der Waals surface area contributed by atoms with Gasteiger partial charge < -0.3 is 4.90 Å². The Labute approximate surface area is 171 Å². The number of hydrogen-bond donors (Lipinski definition) is 2. The number of hydrogen-bond acceptors (Lipinski definition) is 6. The third-order valence-corrected chi connectivity index (χ3v) is 5.37. The first kappa shape index (κ1) is 17.5. The number of halogens is 1. The summed E-state index contributed by atoms with van der Waals surface area (Å²) >= 11 is 6.24. The molecule has 3 heterocycles. The van der Waals surface area contributed by atoms with Crippen LogP contribution >= 0.6 is 11.6 Å². The number of aromatic nitrogens is 4. The van der Waals surface area contributed by atoms with Crippen LogP contribution in [0.4, 0.5) is 11.5 Å². The van der Waals surface area contributed by atoms with Crippen molar-refractivity contribution in [2.75, 3.05) is 11.4 Å². The van der Waals surface area contributed by atoms with E-state index >= 15 is 0 Å². The Morgan fingerprint density at radius 1 is 1.03 bits per heavy atom. The molecule has 2 aromatic heterocycles. The molecule has 4 aromatic rings. The normalized spacial score (nSPS) is 12.9. The molecule has 5 rings (SSSR count). The molecule has 2 N–H and O–H groups in total. The zero-order valence-electron chi connectivity index (χ0n) is 15.3. The summed E-state index contributed by atoms with van der Waals surface area (Å²) in [6, 6.07) is 11.9. The smallest absolute Gasteiger partial charge is 0.227 e. The standard InChI is InChI=1S/C21H16ClN7/c22-16-3-1-13-5-6-29(19(13)8-16)20-17-7-14(2-4-18(17)26-12-27-20)15-9-25-21(24)28(10-15)11-23/h1-4,7-12,23-24H,5-6H2. The minimum absolute atomic E-state index is 0.0131. The fraction of sp³-hybridized carbons (Fsp3) is 0.0952. The second kappa shape index (κ2) is 6.79. The van der Waals surface area contributed by atoms with Crippen LogP contribution in [0, 0.1) is 10.8 Å². The van der Waals surface area contributed by atoms with Gasteiger partial charge in [0.2, 0.25) is 5.62 Å². The molecule has 0 saturated carbocycles. The molecule has 142 valence electrons. The monoisotopic (exact) mass is 401 g/mol. The summed E-state index contributed by atoms with van der Waals surface area (Å²) < 4.78 is 1.36. The molecule has 1 aliphatic rings. The lowest BCUT2D eigenvalue weighted by Gasteiger charge is -2.20. The van der Waals surface area contributed by atoms with Gasteiger partial charge in [0.25, 0.3) is 0 Å². The van der Waals surface area contributed by atoms with Crippen molar-refractivity contribution in [1.82, 2.24) is 19.5 Å². The van der Waals surface area contributed by atoms with Crippen LogP contribution in [-0.2, 0) is 6.42 Å². The molecule has 0 atom stereocenters. The molecule has 0 saturated heterocycles. The SMILES string of the molecule is N=Cn1cc(-c2ccc3ncnc(N4CCc5ccc(Cl)cc54)c3c2)cnc1=N. The van der Waals surface area contributed by atoms with Crippen LogP contribution in [0.3, 0.4) is 0 Å². The number of benzene rings is 2. The van der Waals surface area contributed by atoms with Gasteiger partial charge in [-0.25, -0.2) is 15.0 Å². The van der Waals surface area contributed by atoms with E-state index in [1.807, 2.05) is 30.3 Å². The van der Waals surface area contributed by atoms with Gasteiger partial charge in [0.05, 0.1) is 11.9 Å². The molecular formula is C21H16ClN7. The minimum atomic E-state index is 0.0131. The Hall–Kier alpha value is -3.58. The maximum absolute atomic E-state index is 7.76. The van der Waals surface area contributed by atoms with Crippen LogP contribution in [0.15, 0.2) is 55.1 Å². The molecule has 0 bridgehead atoms. The average molecular weight is 402 g/mol. The van der Waals surface area contributed by atoms with E-state index in [1.165, 1.54) is 10.1 Å². The first-order valence-corrected chi connectivity index (χ1v) is 9.46. The van der Waals surface area contributed by atoms with E-state index in [0.29, 0.717) is 5.02 Å². The first-order chi connectivity index (χ1) is 14.1. The van der Waals surface area contributed by atoms with E-state index in [0.717, 1.165) is 52.8 Å². The number of nitrogens with one attached hydrogen (secondary N) is 2. The molecule has 0 amide bonds. The molecule has 0 fully saturated rings. The van der Waals surface area contributed by atoms with E-state index < -0.39 is 0 Å². The Balaban J connectivity index is 1.67. The maximum atomic E-state index is 7.76. The zero-order chi connectivity index (χ0) is 20.0. The summed E-state index contributed by atoms with van der Waals surface area (Å²) in [5.41, 5.74) is 4.91. The fourth-order valence-electron chi connectivity index (χ4n) is 3.70. The van der Waals surface area contributed by atoms with Crippen LogP contribution in [-0.4, -0.2) is 32.4 Å². The third-order valence-electron chi connectivity index (χ3n) is 5.13. The highest BCUT2D eigenvalue weighted by atomic mass is 35.5. The average Bonchev–Trinajstić information content (AvgIpc) is 3.16. The Bertz CT molecular complexity index is 1330. The van der Waals surface area contributed by atoms with E-state index in [-0.39, 0.29) is 5.62 Å². The van der Waals surface area contributed by atoms with Gasteiger partial charge in [0.1, 0.15) is 12.1 Å². The topological polar surface area (TPSA) is 94.5 Å². The van der Waals surface area contributed by atoms with Crippen LogP contribution in [0.5, 0.6) is 0 Å². The Morgan fingerprint density at radius 3 is 2.79 bits per heavy atom. The van der Waals surface area contributed by atoms with Gasteiger partial charge in [-0.2, -0.15) is 0 Å². The highest BCUT2D eigenvalue weighted by molar-refractivity contribution is 6.31. The van der Waals surface area contributed by atoms with E-state index in [2.05, 4.69) is 25.9 Å². The molecule has 29 heavy (non-hydrogen) atoms. The summed E-state index contributed by atoms with van der Waals surface area (Å²) in [4.78, 5) is 15.2. The van der Waals surface area contributed by atoms with Gasteiger partial charge in [0, 0.05) is 40.6 Å². The highest BCUT2D eigenvalue weighted by Gasteiger charge is 2.23. The predicted molar refractivity (Wildman–Crippen MR) is 113 cm³/mol. The van der Waals surface area contributed by atoms with Gasteiger partial charge in [-0.1, -0.05) is 23.7 Å². The number of fused-ring (bicyclic) bond motifs is 2. The molecule has 0 unspecified atom stereocenters. The molecule has 0 radical (unpaired) electrons. The second-order valence-corrected chi connectivity index (χ2v) is 7.24. The molecule has 0 aliphatic carbocycles. The molecule has 8 heteroatoms. The van der Waals surface area contributed by atoms with Crippen molar-refractivity contribution in [3.63, 3.8) is 0 Å². The van der Waals surface area contributed by atoms with Gasteiger partial charge in [-0.3, -0.25) is 15.4 Å². The minimum Gasteiger partial charge on any atom is -0.325 e. The molecule has 1 aliphatic heterocycles. The van der Waals surface area contributed by atoms with Crippen molar-refractivity contribution < 1.29 is 0 Å². The Morgan fingerprint density at radius 2 is 1.93 bits per heavy atom. The zero-order valence-corrected chi connectivity index (χ0v) is 16.1. The summed E-state index contributed by atoms with van der Waals surface area (Å²) in [5.74, 6) is 0.836. The van der Waals surface area contributed by atoms with Crippen LogP contribution < -0.4 is 10.5 Å². The van der Waals surface area contributed by atoms with Crippen molar-refractivity contribution in [3.05, 3.63) is 71.3 Å². The first-order valence-electron chi connectivity index (χ1n) is 9.08. The van der Waals surface area contributed by atoms with Crippen LogP contribution in [0.1, 0.15) is 5.56 Å². The Kier molecular flexibility index (Phi) is 4.10. The summed E-state index contributed by atoms with van der Waals surface area (Å²) in [7, 11) is 0. The maximum Gasteiger partial charge on any atom is 0.227 e. The summed E-state index contributed by atoms with van der Waals surface area (Å²) in [6.07, 6.45) is 6.94. The van der Waals surface area contributed by atoms with E-state index in [1.54, 1.807) is 18.7 Å². The van der Waals surface area contributed by atoms with Gasteiger partial charge >= 0.3 is 0 Å². The molecule has 2 aromatic carbocycles. The molecular weight excluding hydrogens is 386 g/mol. The lowest BCUT2D eigenvalue weighted by molar-refractivity contribution is 0.895. The highest BCUT2D eigenvalue weighted by Crippen LogP contribution is 2.38. The van der Waals surface area contributed by atoms with Crippen molar-refractivity contribution in [2.24, 2.45) is 0 Å². The lowest BCUT2D eigenvalue weighted by atomic mass is 10.1. The fourth-order valence-corrected chi connectivity index (χ4v) is 3.87. The van der Waals surface area contributed by atoms with Gasteiger partial charge in [-0.15, -0.1) is 0 Å². The van der Waals surface area contributed by atoms with Crippen LogP contribution in [0.2, 0.25) is 5.02 Å². The van der Waals surface area contributed by atoms with E-state index in [9.17, 15) is 0 Å². The van der Waals surface area contributed by atoms with Crippen molar-refractivity contribution in [2.45, 2.75) is 6.42 Å². The second-order valence-electron chi connectivity index (χ2n) is 6.81. The summed E-state index contributed by atoms with van der Waals surface area (Å²) in [6.45, 7) is 0.828. The van der Waals surface area contributed by atoms with Gasteiger partial charge in [-0.05, 0) is 41.8 Å². The van der Waals surface area contributed by atoms with Crippen LogP contribution in [0.25, 0.3) is 22.0 Å². The molecule has 0 spiro atoms. The summed E-state index contributed by atoms with van der Waals surface area (Å²) in [5, 5.41) is 16.8. The number of rotatable bonds is 3.